The van der Waals surface area contributed by atoms with Crippen LogP contribution in [0.3, 0.4) is 0 Å². The zero-order valence-corrected chi connectivity index (χ0v) is 18.3. The molecule has 1 aromatic rings. The molecule has 2 rings (SSSR count). The summed E-state index contributed by atoms with van der Waals surface area (Å²) in [6, 6.07) is 5.19. The van der Waals surface area contributed by atoms with E-state index in [9.17, 15) is 4.39 Å². The lowest BCUT2D eigenvalue weighted by Crippen LogP contribution is -2.46. The summed E-state index contributed by atoms with van der Waals surface area (Å²) < 4.78 is 24.3. The fraction of sp³-hybridized carbons (Fsp3) is 0.632. The Labute approximate surface area is 173 Å². The van der Waals surface area contributed by atoms with Crippen LogP contribution in [-0.2, 0) is 16.0 Å². The Hall–Kier alpha value is -0.930. The Morgan fingerprint density at radius 3 is 2.65 bits per heavy atom. The first-order valence-corrected chi connectivity index (χ1v) is 8.95. The summed E-state index contributed by atoms with van der Waals surface area (Å²) in [7, 11) is 3.51. The number of aryl methyl sites for hydroxylation is 1. The van der Waals surface area contributed by atoms with Gasteiger partial charge in [-0.2, -0.15) is 0 Å². The monoisotopic (exact) mass is 479 g/mol. The third-order valence-corrected chi connectivity index (χ3v) is 4.47. The summed E-state index contributed by atoms with van der Waals surface area (Å²) >= 11 is 0. The van der Waals surface area contributed by atoms with E-state index in [0.29, 0.717) is 18.2 Å². The third kappa shape index (κ3) is 7.36. The molecule has 5 nitrogen and oxygen atoms in total. The third-order valence-electron chi connectivity index (χ3n) is 4.47. The summed E-state index contributed by atoms with van der Waals surface area (Å²) in [6.45, 7) is 5.79. The molecule has 1 aliphatic heterocycles. The number of nitrogens with zero attached hydrogens (tertiary/aromatic N) is 2. The summed E-state index contributed by atoms with van der Waals surface area (Å²) in [4.78, 5) is 6.63. The number of nitrogens with one attached hydrogen (secondary N) is 1. The fourth-order valence-electron chi connectivity index (χ4n) is 3.02. The number of aliphatic imine (C=N–C) groups is 1. The molecule has 0 saturated carbocycles. The van der Waals surface area contributed by atoms with Gasteiger partial charge in [-0.3, -0.25) is 4.99 Å². The van der Waals surface area contributed by atoms with Crippen LogP contribution in [0.5, 0.6) is 0 Å². The van der Waals surface area contributed by atoms with Gasteiger partial charge in [-0.25, -0.2) is 4.39 Å². The van der Waals surface area contributed by atoms with Gasteiger partial charge in [0.2, 0.25) is 0 Å². The second kappa shape index (κ2) is 12.5. The van der Waals surface area contributed by atoms with E-state index in [2.05, 4.69) is 15.2 Å². The number of rotatable bonds is 7. The Kier molecular flexibility index (Phi) is 11.1. The first kappa shape index (κ1) is 23.1. The minimum atomic E-state index is -0.166. The molecule has 0 aromatic heterocycles. The lowest BCUT2D eigenvalue weighted by atomic mass is 10.1. The van der Waals surface area contributed by atoms with E-state index in [1.54, 1.807) is 21.1 Å². The highest BCUT2D eigenvalue weighted by atomic mass is 127. The molecular weight excluding hydrogens is 448 g/mol. The van der Waals surface area contributed by atoms with Gasteiger partial charge in [-0.15, -0.1) is 24.0 Å². The van der Waals surface area contributed by atoms with Gasteiger partial charge >= 0.3 is 0 Å². The smallest absolute Gasteiger partial charge is 0.193 e. The standard InChI is InChI=1S/C19H30FN3O2.HI/c1-15-13-16(5-6-18(15)20)14-22-19(21-2)23-9-7-17(8-10-23)25-12-4-11-24-3;/h5-6,13,17H,4,7-12,14H2,1-3H3,(H,21,22);1H. The van der Waals surface area contributed by atoms with Crippen molar-refractivity contribution in [1.82, 2.24) is 10.2 Å². The van der Waals surface area contributed by atoms with Gasteiger partial charge in [0, 0.05) is 47.0 Å². The maximum Gasteiger partial charge on any atom is 0.193 e. The van der Waals surface area contributed by atoms with Gasteiger partial charge in [0.05, 0.1) is 6.10 Å². The molecule has 7 heteroatoms. The molecule has 1 aromatic carbocycles. The predicted octanol–water partition coefficient (Wildman–Crippen LogP) is 3.35. The molecule has 0 radical (unpaired) electrons. The van der Waals surface area contributed by atoms with E-state index >= 15 is 0 Å². The van der Waals surface area contributed by atoms with Crippen molar-refractivity contribution >= 4 is 29.9 Å². The van der Waals surface area contributed by atoms with Crippen LogP contribution in [0.4, 0.5) is 4.39 Å². The van der Waals surface area contributed by atoms with Crippen LogP contribution in [0.25, 0.3) is 0 Å². The Morgan fingerprint density at radius 1 is 1.31 bits per heavy atom. The first-order chi connectivity index (χ1) is 12.1. The van der Waals surface area contributed by atoms with Crippen LogP contribution < -0.4 is 5.32 Å². The number of halogens is 2. The molecule has 0 atom stereocenters. The molecule has 148 valence electrons. The zero-order valence-electron chi connectivity index (χ0n) is 16.0. The minimum absolute atomic E-state index is 0. The molecule has 26 heavy (non-hydrogen) atoms. The average Bonchev–Trinajstić information content (AvgIpc) is 2.63. The van der Waals surface area contributed by atoms with Gasteiger partial charge < -0.3 is 19.7 Å². The Bertz CT molecular complexity index is 564. The molecular formula is C19H31FIN3O2. The zero-order chi connectivity index (χ0) is 18.1. The van der Waals surface area contributed by atoms with E-state index in [0.717, 1.165) is 57.1 Å². The van der Waals surface area contributed by atoms with Crippen LogP contribution in [0, 0.1) is 12.7 Å². The molecule has 1 fully saturated rings. The number of piperidine rings is 1. The summed E-state index contributed by atoms with van der Waals surface area (Å²) in [5.74, 6) is 0.723. The van der Waals surface area contributed by atoms with E-state index < -0.39 is 0 Å². The molecule has 0 unspecified atom stereocenters. The van der Waals surface area contributed by atoms with E-state index in [1.165, 1.54) is 6.07 Å². The number of ether oxygens (including phenoxy) is 2. The number of guanidine groups is 1. The highest BCUT2D eigenvalue weighted by Crippen LogP contribution is 2.15. The molecule has 0 spiro atoms. The molecule has 1 N–H and O–H groups in total. The van der Waals surface area contributed by atoms with Crippen molar-refractivity contribution in [2.75, 3.05) is 40.5 Å². The van der Waals surface area contributed by atoms with Crippen molar-refractivity contribution in [3.63, 3.8) is 0 Å². The second-order valence-corrected chi connectivity index (χ2v) is 6.39. The molecule has 1 aliphatic rings. The van der Waals surface area contributed by atoms with Gasteiger partial charge in [0.15, 0.2) is 5.96 Å². The van der Waals surface area contributed by atoms with E-state index in [-0.39, 0.29) is 29.8 Å². The highest BCUT2D eigenvalue weighted by Gasteiger charge is 2.21. The van der Waals surface area contributed by atoms with Crippen molar-refractivity contribution in [3.05, 3.63) is 35.1 Å². The van der Waals surface area contributed by atoms with E-state index in [1.807, 2.05) is 12.1 Å². The number of likely N-dealkylation sites (tertiary alicyclic amines) is 1. The average molecular weight is 479 g/mol. The summed E-state index contributed by atoms with van der Waals surface area (Å²) in [6.07, 6.45) is 3.27. The van der Waals surface area contributed by atoms with Crippen molar-refractivity contribution in [1.29, 1.82) is 0 Å². The van der Waals surface area contributed by atoms with Crippen LogP contribution >= 0.6 is 24.0 Å². The van der Waals surface area contributed by atoms with Gasteiger partial charge in [0.1, 0.15) is 5.82 Å². The first-order valence-electron chi connectivity index (χ1n) is 8.95. The lowest BCUT2D eigenvalue weighted by molar-refractivity contribution is 0.00989. The van der Waals surface area contributed by atoms with Crippen LogP contribution in [0.15, 0.2) is 23.2 Å². The van der Waals surface area contributed by atoms with Gasteiger partial charge in [-0.05, 0) is 43.4 Å². The van der Waals surface area contributed by atoms with E-state index in [4.69, 9.17) is 9.47 Å². The van der Waals surface area contributed by atoms with Crippen LogP contribution in [0.2, 0.25) is 0 Å². The van der Waals surface area contributed by atoms with Crippen LogP contribution in [0.1, 0.15) is 30.4 Å². The summed E-state index contributed by atoms with van der Waals surface area (Å²) in [5.41, 5.74) is 1.72. The number of benzene rings is 1. The Morgan fingerprint density at radius 2 is 2.04 bits per heavy atom. The Balaban J connectivity index is 0.00000338. The highest BCUT2D eigenvalue weighted by molar-refractivity contribution is 14.0. The fourth-order valence-corrected chi connectivity index (χ4v) is 3.02. The number of methoxy groups -OCH3 is 1. The van der Waals surface area contributed by atoms with Crippen LogP contribution in [-0.4, -0.2) is 57.4 Å². The molecule has 0 bridgehead atoms. The molecule has 1 heterocycles. The quantitative estimate of drug-likeness (QED) is 0.282. The number of hydrogen-bond acceptors (Lipinski definition) is 3. The van der Waals surface area contributed by atoms with Gasteiger partial charge in [0.25, 0.3) is 0 Å². The molecule has 1 saturated heterocycles. The number of hydrogen-bond donors (Lipinski definition) is 1. The van der Waals surface area contributed by atoms with Crippen molar-refractivity contribution in [3.8, 4) is 0 Å². The predicted molar refractivity (Wildman–Crippen MR) is 114 cm³/mol. The topological polar surface area (TPSA) is 46.1 Å². The SMILES string of the molecule is CN=C(NCc1ccc(F)c(C)c1)N1CCC(OCCCOC)CC1.I. The molecule has 0 aliphatic carbocycles. The molecule has 0 amide bonds. The minimum Gasteiger partial charge on any atom is -0.385 e. The maximum atomic E-state index is 13.4. The second-order valence-electron chi connectivity index (χ2n) is 6.39. The van der Waals surface area contributed by atoms with Gasteiger partial charge in [-0.1, -0.05) is 12.1 Å². The van der Waals surface area contributed by atoms with Crippen molar-refractivity contribution < 1.29 is 13.9 Å². The lowest BCUT2D eigenvalue weighted by Gasteiger charge is -2.34. The largest absolute Gasteiger partial charge is 0.385 e. The normalized spacial score (nSPS) is 15.7. The van der Waals surface area contributed by atoms with Crippen molar-refractivity contribution in [2.24, 2.45) is 4.99 Å². The summed E-state index contributed by atoms with van der Waals surface area (Å²) in [5, 5.41) is 3.37. The van der Waals surface area contributed by atoms with Crippen molar-refractivity contribution in [2.45, 2.75) is 38.8 Å². The maximum absolute atomic E-state index is 13.4.